The van der Waals surface area contributed by atoms with E-state index in [0.717, 1.165) is 26.6 Å². The third-order valence-corrected chi connectivity index (χ3v) is 5.96. The second kappa shape index (κ2) is 7.17. The lowest BCUT2D eigenvalue weighted by molar-refractivity contribution is 0.885. The van der Waals surface area contributed by atoms with Crippen molar-refractivity contribution in [1.82, 2.24) is 10.2 Å². The molecule has 2 aromatic heterocycles. The van der Waals surface area contributed by atoms with Gasteiger partial charge in [0.05, 0.1) is 12.2 Å². The Morgan fingerprint density at radius 1 is 1.15 bits per heavy atom. The summed E-state index contributed by atoms with van der Waals surface area (Å²) in [5, 5.41) is 16.2. The molecule has 2 heterocycles. The number of fused-ring (bicyclic) bond motifs is 1. The Kier molecular flexibility index (Phi) is 4.74. The van der Waals surface area contributed by atoms with Crippen LogP contribution >= 0.6 is 27.3 Å². The van der Waals surface area contributed by atoms with Gasteiger partial charge in [-0.1, -0.05) is 46.3 Å². The number of anilines is 1. The Balaban J connectivity index is 1.63. The molecule has 0 spiro atoms. The molecular formula is C21H17BrN3S. The summed E-state index contributed by atoms with van der Waals surface area (Å²) in [6.07, 6.45) is 1.78. The highest BCUT2D eigenvalue weighted by Gasteiger charge is 2.13. The molecule has 3 nitrogen and oxygen atoms in total. The molecule has 0 saturated carbocycles. The highest BCUT2D eigenvalue weighted by Crippen LogP contribution is 2.33. The Morgan fingerprint density at radius 2 is 2.00 bits per heavy atom. The maximum Gasteiger partial charge on any atom is 0.157 e. The van der Waals surface area contributed by atoms with E-state index in [1.807, 2.05) is 30.3 Å². The van der Waals surface area contributed by atoms with Gasteiger partial charge in [0.25, 0.3) is 0 Å². The molecule has 0 fully saturated rings. The average molecular weight is 423 g/mol. The largest absolute Gasteiger partial charge is 0.361 e. The number of hydrogen-bond acceptors (Lipinski definition) is 4. The third kappa shape index (κ3) is 3.37. The molecule has 1 atom stereocenters. The molecule has 4 aromatic rings. The lowest BCUT2D eigenvalue weighted by atomic mass is 10.0. The molecule has 0 saturated heterocycles. The smallest absolute Gasteiger partial charge is 0.157 e. The fraction of sp³-hybridized carbons (Fsp3) is 0.0952. The molecular weight excluding hydrogens is 406 g/mol. The number of thiophene rings is 1. The third-order valence-electron chi connectivity index (χ3n) is 4.35. The van der Waals surface area contributed by atoms with Gasteiger partial charge in [0.15, 0.2) is 5.82 Å². The summed E-state index contributed by atoms with van der Waals surface area (Å²) in [4.78, 5) is 1.25. The molecule has 26 heavy (non-hydrogen) atoms. The maximum absolute atomic E-state index is 4.31. The Morgan fingerprint density at radius 3 is 2.85 bits per heavy atom. The molecule has 0 aliphatic rings. The molecule has 0 bridgehead atoms. The SMILES string of the molecule is [CH2]c1ccccc1-c1csc([C@@H](C)Nc2nncc3ccc(Br)cc23)c1. The lowest BCUT2D eigenvalue weighted by Crippen LogP contribution is -2.07. The monoisotopic (exact) mass is 422 g/mol. The number of aromatic nitrogens is 2. The molecule has 0 unspecified atom stereocenters. The molecule has 2 aromatic carbocycles. The first-order valence-electron chi connectivity index (χ1n) is 8.29. The number of nitrogens with one attached hydrogen (secondary N) is 1. The summed E-state index contributed by atoms with van der Waals surface area (Å²) >= 11 is 5.28. The molecule has 5 heteroatoms. The normalized spacial score (nSPS) is 12.3. The van der Waals surface area contributed by atoms with Gasteiger partial charge in [-0.2, -0.15) is 5.10 Å². The van der Waals surface area contributed by atoms with Crippen molar-refractivity contribution in [3.63, 3.8) is 0 Å². The molecule has 0 aliphatic heterocycles. The van der Waals surface area contributed by atoms with Gasteiger partial charge in [0, 0.05) is 20.1 Å². The summed E-state index contributed by atoms with van der Waals surface area (Å²) in [5.41, 5.74) is 3.43. The summed E-state index contributed by atoms with van der Waals surface area (Å²) in [5.74, 6) is 0.795. The van der Waals surface area contributed by atoms with E-state index >= 15 is 0 Å². The van der Waals surface area contributed by atoms with E-state index in [1.165, 1.54) is 16.0 Å². The minimum Gasteiger partial charge on any atom is -0.361 e. The summed E-state index contributed by atoms with van der Waals surface area (Å²) in [6.45, 7) is 6.27. The van der Waals surface area contributed by atoms with Crippen LogP contribution < -0.4 is 5.32 Å². The fourth-order valence-corrected chi connectivity index (χ4v) is 4.23. The number of hydrogen-bond donors (Lipinski definition) is 1. The highest BCUT2D eigenvalue weighted by molar-refractivity contribution is 9.10. The van der Waals surface area contributed by atoms with Crippen LogP contribution in [0, 0.1) is 6.92 Å². The molecule has 1 N–H and O–H groups in total. The fourth-order valence-electron chi connectivity index (χ4n) is 2.95. The van der Waals surface area contributed by atoms with E-state index in [1.54, 1.807) is 17.5 Å². The molecule has 1 radical (unpaired) electrons. The van der Waals surface area contributed by atoms with Gasteiger partial charge in [0.2, 0.25) is 0 Å². The zero-order chi connectivity index (χ0) is 18.1. The first-order chi connectivity index (χ1) is 12.6. The highest BCUT2D eigenvalue weighted by atomic mass is 79.9. The minimum atomic E-state index is 0.129. The van der Waals surface area contributed by atoms with E-state index in [9.17, 15) is 0 Å². The quantitative estimate of drug-likeness (QED) is 0.409. The van der Waals surface area contributed by atoms with Crippen LogP contribution in [-0.4, -0.2) is 10.2 Å². The van der Waals surface area contributed by atoms with Crippen LogP contribution in [0.2, 0.25) is 0 Å². The molecule has 0 aliphatic carbocycles. The second-order valence-electron chi connectivity index (χ2n) is 6.19. The van der Waals surface area contributed by atoms with Gasteiger partial charge in [-0.05, 0) is 54.1 Å². The van der Waals surface area contributed by atoms with Crippen LogP contribution in [0.15, 0.2) is 64.6 Å². The van der Waals surface area contributed by atoms with Crippen molar-refractivity contribution in [3.05, 3.63) is 81.9 Å². The van der Waals surface area contributed by atoms with E-state index in [-0.39, 0.29) is 6.04 Å². The van der Waals surface area contributed by atoms with Gasteiger partial charge in [-0.25, -0.2) is 0 Å². The second-order valence-corrected chi connectivity index (χ2v) is 8.04. The standard InChI is InChI=1S/C21H17BrN3S/c1-13-5-3-4-6-18(13)16-9-20(26-12-16)14(2)24-21-19-10-17(22)8-7-15(19)11-23-25-21/h3-12,14H,1H2,2H3,(H,24,25)/t14-/m1/s1. The number of rotatable bonds is 4. The van der Waals surface area contributed by atoms with Crippen LogP contribution in [0.4, 0.5) is 5.82 Å². The molecule has 4 rings (SSSR count). The van der Waals surface area contributed by atoms with E-state index < -0.39 is 0 Å². The number of nitrogens with zero attached hydrogens (tertiary/aromatic N) is 2. The minimum absolute atomic E-state index is 0.129. The lowest BCUT2D eigenvalue weighted by Gasteiger charge is -2.14. The summed E-state index contributed by atoms with van der Waals surface area (Å²) < 4.78 is 1.03. The van der Waals surface area contributed by atoms with Crippen LogP contribution in [0.5, 0.6) is 0 Å². The van der Waals surface area contributed by atoms with Crippen molar-refractivity contribution < 1.29 is 0 Å². The summed E-state index contributed by atoms with van der Waals surface area (Å²) in [6, 6.07) is 16.7. The summed E-state index contributed by atoms with van der Waals surface area (Å²) in [7, 11) is 0. The molecule has 129 valence electrons. The number of benzene rings is 2. The zero-order valence-corrected chi connectivity index (χ0v) is 16.6. The van der Waals surface area contributed by atoms with Crippen LogP contribution in [-0.2, 0) is 0 Å². The predicted octanol–water partition coefficient (Wildman–Crippen LogP) is 6.48. The van der Waals surface area contributed by atoms with E-state index in [4.69, 9.17) is 0 Å². The van der Waals surface area contributed by atoms with Gasteiger partial charge >= 0.3 is 0 Å². The van der Waals surface area contributed by atoms with Crippen LogP contribution in [0.3, 0.4) is 0 Å². The van der Waals surface area contributed by atoms with Gasteiger partial charge in [-0.15, -0.1) is 16.4 Å². The van der Waals surface area contributed by atoms with Gasteiger partial charge in [-0.3, -0.25) is 0 Å². The molecule has 0 amide bonds. The first kappa shape index (κ1) is 17.2. The van der Waals surface area contributed by atoms with Gasteiger partial charge < -0.3 is 5.32 Å². The Hall–Kier alpha value is -2.24. The number of halogens is 1. The topological polar surface area (TPSA) is 37.8 Å². The van der Waals surface area contributed by atoms with Crippen molar-refractivity contribution >= 4 is 43.9 Å². The average Bonchev–Trinajstić information content (AvgIpc) is 3.12. The van der Waals surface area contributed by atoms with E-state index in [2.05, 4.69) is 68.9 Å². The Labute approximate surface area is 165 Å². The van der Waals surface area contributed by atoms with Crippen LogP contribution in [0.1, 0.15) is 23.4 Å². The first-order valence-corrected chi connectivity index (χ1v) is 9.96. The van der Waals surface area contributed by atoms with Crippen molar-refractivity contribution in [2.24, 2.45) is 0 Å². The zero-order valence-electron chi connectivity index (χ0n) is 14.2. The van der Waals surface area contributed by atoms with Crippen molar-refractivity contribution in [3.8, 4) is 11.1 Å². The Bertz CT molecular complexity index is 1070. The predicted molar refractivity (Wildman–Crippen MR) is 113 cm³/mol. The van der Waals surface area contributed by atoms with E-state index in [0.29, 0.717) is 0 Å². The van der Waals surface area contributed by atoms with Crippen molar-refractivity contribution in [1.29, 1.82) is 0 Å². The van der Waals surface area contributed by atoms with Crippen molar-refractivity contribution in [2.45, 2.75) is 13.0 Å². The maximum atomic E-state index is 4.31. The van der Waals surface area contributed by atoms with Crippen LogP contribution in [0.25, 0.3) is 21.9 Å². The van der Waals surface area contributed by atoms with Crippen molar-refractivity contribution in [2.75, 3.05) is 5.32 Å². The van der Waals surface area contributed by atoms with Gasteiger partial charge in [0.1, 0.15) is 0 Å².